The molecule has 0 unspecified atom stereocenters. The smallest absolute Gasteiger partial charge is 0.328 e. The average Bonchev–Trinajstić information content (AvgIpc) is 2.58. The molecule has 0 aromatic heterocycles. The van der Waals surface area contributed by atoms with Gasteiger partial charge in [0.05, 0.1) is 14.2 Å². The number of hydrogen-bond acceptors (Lipinski definition) is 6. The van der Waals surface area contributed by atoms with Crippen molar-refractivity contribution in [2.75, 3.05) is 14.2 Å². The fourth-order valence-corrected chi connectivity index (χ4v) is 3.62. The zero-order chi connectivity index (χ0) is 17.1. The van der Waals surface area contributed by atoms with Gasteiger partial charge in [0.2, 0.25) is 5.91 Å². The summed E-state index contributed by atoms with van der Waals surface area (Å²) in [6.45, 7) is 0. The zero-order valence-electron chi connectivity index (χ0n) is 13.9. The van der Waals surface area contributed by atoms with Gasteiger partial charge in [-0.3, -0.25) is 9.59 Å². The number of nitrogens with two attached hydrogens (primary N) is 1. The van der Waals surface area contributed by atoms with E-state index >= 15 is 0 Å². The van der Waals surface area contributed by atoms with Crippen LogP contribution in [0.15, 0.2) is 0 Å². The summed E-state index contributed by atoms with van der Waals surface area (Å²) in [6, 6.07) is -0.826. The molecule has 2 bridgehead atoms. The molecule has 0 aromatic rings. The Hall–Kier alpha value is -1.63. The minimum Gasteiger partial charge on any atom is -0.469 e. The van der Waals surface area contributed by atoms with Crippen molar-refractivity contribution >= 4 is 17.8 Å². The highest BCUT2D eigenvalue weighted by molar-refractivity contribution is 5.88. The van der Waals surface area contributed by atoms with Gasteiger partial charge in [0.15, 0.2) is 0 Å². The molecule has 3 saturated carbocycles. The van der Waals surface area contributed by atoms with E-state index in [-0.39, 0.29) is 24.3 Å². The van der Waals surface area contributed by atoms with E-state index < -0.39 is 23.4 Å². The molecule has 3 aliphatic rings. The molecule has 1 amide bonds. The summed E-state index contributed by atoms with van der Waals surface area (Å²) >= 11 is 0. The normalized spacial score (nSPS) is 30.4. The Morgan fingerprint density at radius 3 is 2.09 bits per heavy atom. The van der Waals surface area contributed by atoms with E-state index in [4.69, 9.17) is 10.5 Å². The second-order valence-corrected chi connectivity index (χ2v) is 6.81. The molecular formula is C16H26N2O5. The summed E-state index contributed by atoms with van der Waals surface area (Å²) < 4.78 is 9.31. The summed E-state index contributed by atoms with van der Waals surface area (Å²) in [5.41, 5.74) is 5.72. The van der Waals surface area contributed by atoms with Gasteiger partial charge >= 0.3 is 11.9 Å². The highest BCUT2D eigenvalue weighted by atomic mass is 16.5. The van der Waals surface area contributed by atoms with Gasteiger partial charge in [-0.15, -0.1) is 0 Å². The van der Waals surface area contributed by atoms with Gasteiger partial charge in [-0.25, -0.2) is 4.79 Å². The summed E-state index contributed by atoms with van der Waals surface area (Å²) in [4.78, 5) is 35.9. The van der Waals surface area contributed by atoms with Crippen LogP contribution >= 0.6 is 0 Å². The molecule has 3 rings (SSSR count). The van der Waals surface area contributed by atoms with Crippen molar-refractivity contribution in [2.24, 2.45) is 11.1 Å². The topological polar surface area (TPSA) is 108 Å². The number of fused-ring (bicyclic) bond motifs is 3. The molecule has 1 atom stereocenters. The van der Waals surface area contributed by atoms with Crippen molar-refractivity contribution < 1.29 is 23.9 Å². The van der Waals surface area contributed by atoms with Crippen molar-refractivity contribution in [3.63, 3.8) is 0 Å². The van der Waals surface area contributed by atoms with Crippen molar-refractivity contribution in [3.8, 4) is 0 Å². The van der Waals surface area contributed by atoms with Crippen LogP contribution in [-0.2, 0) is 23.9 Å². The van der Waals surface area contributed by atoms with Crippen LogP contribution in [0.5, 0.6) is 0 Å². The fraction of sp³-hybridized carbons (Fsp3) is 0.812. The van der Waals surface area contributed by atoms with Gasteiger partial charge in [-0.1, -0.05) is 0 Å². The number of amides is 1. The molecule has 3 aliphatic carbocycles. The Morgan fingerprint density at radius 1 is 1.04 bits per heavy atom. The van der Waals surface area contributed by atoms with E-state index in [0.29, 0.717) is 0 Å². The number of carbonyl (C=O) groups is 3. The SMILES string of the molecule is COC(=O)CC[C@H](NC(=O)C12CCC(N)(CC1)CC2)C(=O)OC. The van der Waals surface area contributed by atoms with Crippen molar-refractivity contribution in [3.05, 3.63) is 0 Å². The van der Waals surface area contributed by atoms with Gasteiger partial charge in [0.1, 0.15) is 6.04 Å². The predicted molar refractivity (Wildman–Crippen MR) is 82.3 cm³/mol. The highest BCUT2D eigenvalue weighted by Gasteiger charge is 2.51. The molecule has 130 valence electrons. The average molecular weight is 326 g/mol. The third-order valence-corrected chi connectivity index (χ3v) is 5.44. The molecule has 23 heavy (non-hydrogen) atoms. The van der Waals surface area contributed by atoms with Gasteiger partial charge in [-0.05, 0) is 44.9 Å². The van der Waals surface area contributed by atoms with Crippen LogP contribution in [0, 0.1) is 5.41 Å². The van der Waals surface area contributed by atoms with Crippen molar-refractivity contribution in [1.82, 2.24) is 5.32 Å². The standard InChI is InChI=1S/C16H26N2O5/c1-22-12(19)4-3-11(13(20)23-2)18-14(21)15-5-8-16(17,9-6-15)10-7-15/h11H,3-10,17H2,1-2H3,(H,18,21)/t11-,15?,16?/m0/s1. The monoisotopic (exact) mass is 326 g/mol. The number of hydrogen-bond donors (Lipinski definition) is 2. The molecule has 0 spiro atoms. The first-order valence-corrected chi connectivity index (χ1v) is 8.09. The van der Waals surface area contributed by atoms with Crippen LogP contribution in [0.3, 0.4) is 0 Å². The minimum atomic E-state index is -0.826. The van der Waals surface area contributed by atoms with E-state index in [1.54, 1.807) is 0 Å². The molecule has 3 N–H and O–H groups in total. The molecule has 0 aliphatic heterocycles. The fourth-order valence-electron chi connectivity index (χ4n) is 3.62. The summed E-state index contributed by atoms with van der Waals surface area (Å²) in [5.74, 6) is -1.09. The molecular weight excluding hydrogens is 300 g/mol. The van der Waals surface area contributed by atoms with Crippen LogP contribution in [0.1, 0.15) is 51.4 Å². The third-order valence-electron chi connectivity index (χ3n) is 5.44. The Balaban J connectivity index is 1.99. The summed E-state index contributed by atoms with van der Waals surface area (Å²) in [7, 11) is 2.55. The van der Waals surface area contributed by atoms with E-state index in [1.165, 1.54) is 14.2 Å². The van der Waals surface area contributed by atoms with E-state index in [1.807, 2.05) is 0 Å². The molecule has 0 aromatic carbocycles. The number of ether oxygens (including phenoxy) is 2. The maximum absolute atomic E-state index is 12.7. The first kappa shape index (κ1) is 17.7. The second kappa shape index (κ2) is 6.86. The lowest BCUT2D eigenvalue weighted by atomic mass is 9.57. The number of nitrogens with one attached hydrogen (secondary N) is 1. The maximum atomic E-state index is 12.7. The Morgan fingerprint density at radius 2 is 1.61 bits per heavy atom. The van der Waals surface area contributed by atoms with Crippen LogP contribution in [0.25, 0.3) is 0 Å². The largest absolute Gasteiger partial charge is 0.469 e. The quantitative estimate of drug-likeness (QED) is 0.694. The van der Waals surface area contributed by atoms with Crippen LogP contribution < -0.4 is 11.1 Å². The zero-order valence-corrected chi connectivity index (χ0v) is 13.9. The molecule has 0 heterocycles. The lowest BCUT2D eigenvalue weighted by molar-refractivity contribution is -0.149. The van der Waals surface area contributed by atoms with Gasteiger partial charge in [-0.2, -0.15) is 0 Å². The lowest BCUT2D eigenvalue weighted by Crippen LogP contribution is -2.58. The highest BCUT2D eigenvalue weighted by Crippen LogP contribution is 2.51. The van der Waals surface area contributed by atoms with Crippen molar-refractivity contribution in [2.45, 2.75) is 62.9 Å². The van der Waals surface area contributed by atoms with Crippen LogP contribution in [0.2, 0.25) is 0 Å². The molecule has 3 fully saturated rings. The number of rotatable bonds is 6. The summed E-state index contributed by atoms with van der Waals surface area (Å²) in [6.07, 6.45) is 4.99. The molecule has 0 radical (unpaired) electrons. The van der Waals surface area contributed by atoms with E-state index in [9.17, 15) is 14.4 Å². The number of methoxy groups -OCH3 is 2. The van der Waals surface area contributed by atoms with Gasteiger partial charge < -0.3 is 20.5 Å². The summed E-state index contributed by atoms with van der Waals surface area (Å²) in [5, 5.41) is 2.78. The van der Waals surface area contributed by atoms with Crippen LogP contribution in [0.4, 0.5) is 0 Å². The maximum Gasteiger partial charge on any atom is 0.328 e. The Bertz CT molecular complexity index is 466. The lowest BCUT2D eigenvalue weighted by Gasteiger charge is -2.50. The van der Waals surface area contributed by atoms with Gasteiger partial charge in [0.25, 0.3) is 0 Å². The molecule has 0 saturated heterocycles. The number of esters is 2. The minimum absolute atomic E-state index is 0.0510. The predicted octanol–water partition coefficient (Wildman–Crippen LogP) is 0.649. The first-order chi connectivity index (χ1) is 10.8. The van der Waals surface area contributed by atoms with E-state index in [0.717, 1.165) is 38.5 Å². The van der Waals surface area contributed by atoms with Gasteiger partial charge in [0, 0.05) is 17.4 Å². The third kappa shape index (κ3) is 3.83. The molecule has 7 heteroatoms. The van der Waals surface area contributed by atoms with Crippen molar-refractivity contribution in [1.29, 1.82) is 0 Å². The van der Waals surface area contributed by atoms with Crippen LogP contribution in [-0.4, -0.2) is 43.6 Å². The molecule has 7 nitrogen and oxygen atoms in total. The first-order valence-electron chi connectivity index (χ1n) is 8.09. The second-order valence-electron chi connectivity index (χ2n) is 6.81. The number of carbonyl (C=O) groups excluding carboxylic acids is 3. The Kier molecular flexibility index (Phi) is 5.29. The Labute approximate surface area is 136 Å². The van der Waals surface area contributed by atoms with E-state index in [2.05, 4.69) is 10.1 Å².